The molecule has 5 heteroatoms. The van der Waals surface area contributed by atoms with Crippen molar-refractivity contribution in [1.29, 1.82) is 0 Å². The standard InChI is InChI=1S/C24H25N3O2/c1-29-23(28)27-13-10-24(11-14-27)9-7-17-15-16(5-6-21(17)24)18-3-2-4-20-19(18)8-12-26-22(20)25/h2-6,8,12,15H,7,9-11,13-14H2,1H3,(H2,25,26). The van der Waals surface area contributed by atoms with Gasteiger partial charge in [-0.2, -0.15) is 0 Å². The number of ether oxygens (including phenoxy) is 1. The molecule has 5 nitrogen and oxygen atoms in total. The van der Waals surface area contributed by atoms with Crippen LogP contribution in [0.3, 0.4) is 0 Å². The maximum Gasteiger partial charge on any atom is 0.409 e. The summed E-state index contributed by atoms with van der Waals surface area (Å²) in [4.78, 5) is 17.9. The fourth-order valence-corrected chi connectivity index (χ4v) is 5.24. The van der Waals surface area contributed by atoms with E-state index in [1.165, 1.54) is 29.4 Å². The largest absolute Gasteiger partial charge is 0.453 e. The normalized spacial score (nSPS) is 17.5. The number of nitrogens with zero attached hydrogens (tertiary/aromatic N) is 2. The highest BCUT2D eigenvalue weighted by atomic mass is 16.5. The molecule has 0 saturated carbocycles. The first-order chi connectivity index (χ1) is 14.1. The van der Waals surface area contributed by atoms with E-state index in [-0.39, 0.29) is 11.5 Å². The number of hydrogen-bond donors (Lipinski definition) is 1. The summed E-state index contributed by atoms with van der Waals surface area (Å²) in [7, 11) is 1.45. The van der Waals surface area contributed by atoms with Gasteiger partial charge in [0.25, 0.3) is 0 Å². The van der Waals surface area contributed by atoms with Gasteiger partial charge in [-0.3, -0.25) is 0 Å². The van der Waals surface area contributed by atoms with Crippen molar-refractivity contribution in [2.24, 2.45) is 0 Å². The van der Waals surface area contributed by atoms with E-state index in [1.807, 2.05) is 23.1 Å². The van der Waals surface area contributed by atoms with E-state index >= 15 is 0 Å². The van der Waals surface area contributed by atoms with Gasteiger partial charge in [0.15, 0.2) is 0 Å². The highest BCUT2D eigenvalue weighted by Crippen LogP contribution is 2.47. The molecule has 2 N–H and O–H groups in total. The van der Waals surface area contributed by atoms with Crippen LogP contribution in [0.15, 0.2) is 48.7 Å². The number of methoxy groups -OCH3 is 1. The zero-order valence-corrected chi connectivity index (χ0v) is 16.6. The van der Waals surface area contributed by atoms with E-state index < -0.39 is 0 Å². The highest BCUT2D eigenvalue weighted by Gasteiger charge is 2.42. The fraction of sp³-hybridized carbons (Fsp3) is 0.333. The van der Waals surface area contributed by atoms with Crippen LogP contribution in [0.4, 0.5) is 10.6 Å². The second-order valence-electron chi connectivity index (χ2n) is 8.21. The molecule has 1 aliphatic heterocycles. The van der Waals surface area contributed by atoms with Crippen LogP contribution < -0.4 is 5.73 Å². The van der Waals surface area contributed by atoms with Crippen molar-refractivity contribution < 1.29 is 9.53 Å². The molecule has 1 fully saturated rings. The molecule has 0 bridgehead atoms. The van der Waals surface area contributed by atoms with Gasteiger partial charge in [-0.1, -0.05) is 36.4 Å². The Balaban J connectivity index is 1.49. The molecular weight excluding hydrogens is 362 g/mol. The van der Waals surface area contributed by atoms with Crippen molar-refractivity contribution >= 4 is 22.7 Å². The molecular formula is C24H25N3O2. The van der Waals surface area contributed by atoms with Gasteiger partial charge in [0.2, 0.25) is 0 Å². The number of carbonyl (C=O) groups excluding carboxylic acids is 1. The fourth-order valence-electron chi connectivity index (χ4n) is 5.24. The van der Waals surface area contributed by atoms with E-state index in [0.29, 0.717) is 5.82 Å². The second-order valence-corrected chi connectivity index (χ2v) is 8.21. The molecule has 0 atom stereocenters. The zero-order valence-electron chi connectivity index (χ0n) is 16.6. The molecule has 2 heterocycles. The number of likely N-dealkylation sites (tertiary alicyclic amines) is 1. The molecule has 29 heavy (non-hydrogen) atoms. The minimum atomic E-state index is -0.210. The average molecular weight is 387 g/mol. The smallest absolute Gasteiger partial charge is 0.409 e. The first kappa shape index (κ1) is 18.0. The van der Waals surface area contributed by atoms with Crippen molar-refractivity contribution in [1.82, 2.24) is 9.88 Å². The number of benzene rings is 2. The van der Waals surface area contributed by atoms with Gasteiger partial charge >= 0.3 is 6.09 Å². The maximum atomic E-state index is 11.8. The number of anilines is 1. The van der Waals surface area contributed by atoms with Crippen LogP contribution in [0.25, 0.3) is 21.9 Å². The maximum absolute atomic E-state index is 11.8. The van der Waals surface area contributed by atoms with Gasteiger partial charge in [0.1, 0.15) is 5.82 Å². The Morgan fingerprint density at radius 2 is 1.93 bits per heavy atom. The third kappa shape index (κ3) is 2.84. The molecule has 5 rings (SSSR count). The SMILES string of the molecule is COC(=O)N1CCC2(CCc3cc(-c4cccc5c(N)nccc45)ccc32)CC1. The minimum absolute atomic E-state index is 0.200. The van der Waals surface area contributed by atoms with Crippen molar-refractivity contribution in [2.75, 3.05) is 25.9 Å². The number of rotatable bonds is 1. The molecule has 1 amide bonds. The van der Waals surface area contributed by atoms with Gasteiger partial charge < -0.3 is 15.4 Å². The number of fused-ring (bicyclic) bond motifs is 3. The lowest BCUT2D eigenvalue weighted by Gasteiger charge is -2.39. The third-order valence-corrected chi connectivity index (χ3v) is 6.85. The molecule has 0 unspecified atom stereocenters. The monoisotopic (exact) mass is 387 g/mol. The van der Waals surface area contributed by atoms with Crippen LogP contribution in [-0.4, -0.2) is 36.2 Å². The molecule has 2 aliphatic rings. The summed E-state index contributed by atoms with van der Waals surface area (Å²) in [5, 5.41) is 2.14. The predicted octanol–water partition coefficient (Wildman–Crippen LogP) is 4.53. The first-order valence-electron chi connectivity index (χ1n) is 10.2. The molecule has 1 spiro atoms. The van der Waals surface area contributed by atoms with Crippen LogP contribution in [0.5, 0.6) is 0 Å². The van der Waals surface area contributed by atoms with Crippen LogP contribution in [0.1, 0.15) is 30.4 Å². The highest BCUT2D eigenvalue weighted by molar-refractivity contribution is 6.01. The van der Waals surface area contributed by atoms with Crippen molar-refractivity contribution in [3.8, 4) is 11.1 Å². The Morgan fingerprint density at radius 1 is 1.10 bits per heavy atom. The molecule has 1 aliphatic carbocycles. The number of carbonyl (C=O) groups is 1. The van der Waals surface area contributed by atoms with E-state index in [0.717, 1.165) is 49.5 Å². The van der Waals surface area contributed by atoms with Gasteiger partial charge in [0, 0.05) is 24.7 Å². The topological polar surface area (TPSA) is 68.5 Å². The van der Waals surface area contributed by atoms with Gasteiger partial charge in [-0.05, 0) is 64.8 Å². The molecule has 148 valence electrons. The molecule has 1 saturated heterocycles. The van der Waals surface area contributed by atoms with Crippen molar-refractivity contribution in [2.45, 2.75) is 31.1 Å². The first-order valence-corrected chi connectivity index (χ1v) is 10.2. The number of aryl methyl sites for hydroxylation is 1. The van der Waals surface area contributed by atoms with Crippen LogP contribution in [0, 0.1) is 0 Å². The number of piperidine rings is 1. The van der Waals surface area contributed by atoms with Crippen molar-refractivity contribution in [3.05, 3.63) is 59.8 Å². The van der Waals surface area contributed by atoms with Gasteiger partial charge in [-0.25, -0.2) is 9.78 Å². The van der Waals surface area contributed by atoms with Gasteiger partial charge in [-0.15, -0.1) is 0 Å². The summed E-state index contributed by atoms with van der Waals surface area (Å²) in [5.74, 6) is 0.571. The number of pyridine rings is 1. The average Bonchev–Trinajstić information content (AvgIpc) is 3.11. The number of hydrogen-bond acceptors (Lipinski definition) is 4. The Bertz CT molecular complexity index is 1100. The van der Waals surface area contributed by atoms with Crippen LogP contribution in [0.2, 0.25) is 0 Å². The van der Waals surface area contributed by atoms with E-state index in [9.17, 15) is 4.79 Å². The molecule has 3 aromatic rings. The van der Waals surface area contributed by atoms with E-state index in [4.69, 9.17) is 10.5 Å². The minimum Gasteiger partial charge on any atom is -0.453 e. The number of nitrogens with two attached hydrogens (primary N) is 1. The Kier molecular flexibility index (Phi) is 4.19. The molecule has 0 radical (unpaired) electrons. The molecule has 2 aromatic carbocycles. The lowest BCUT2D eigenvalue weighted by Crippen LogP contribution is -2.44. The summed E-state index contributed by atoms with van der Waals surface area (Å²) < 4.78 is 4.89. The van der Waals surface area contributed by atoms with E-state index in [1.54, 1.807) is 6.20 Å². The third-order valence-electron chi connectivity index (χ3n) is 6.85. The zero-order chi connectivity index (χ0) is 20.0. The van der Waals surface area contributed by atoms with Crippen LogP contribution in [-0.2, 0) is 16.6 Å². The lowest BCUT2D eigenvalue weighted by molar-refractivity contribution is 0.0991. The number of aromatic nitrogens is 1. The van der Waals surface area contributed by atoms with Gasteiger partial charge in [0.05, 0.1) is 7.11 Å². The Morgan fingerprint density at radius 3 is 2.72 bits per heavy atom. The lowest BCUT2D eigenvalue weighted by atomic mass is 9.73. The summed E-state index contributed by atoms with van der Waals surface area (Å²) >= 11 is 0. The van der Waals surface area contributed by atoms with Crippen molar-refractivity contribution in [3.63, 3.8) is 0 Å². The summed E-state index contributed by atoms with van der Waals surface area (Å²) in [6.45, 7) is 1.53. The quantitative estimate of drug-likeness (QED) is 0.666. The molecule has 1 aromatic heterocycles. The summed E-state index contributed by atoms with van der Waals surface area (Å²) in [5.41, 5.74) is 11.6. The second kappa shape index (κ2) is 6.76. The summed E-state index contributed by atoms with van der Waals surface area (Å²) in [6.07, 6.45) is 5.83. The van der Waals surface area contributed by atoms with E-state index in [2.05, 4.69) is 29.2 Å². The predicted molar refractivity (Wildman–Crippen MR) is 115 cm³/mol. The number of amides is 1. The number of nitrogen functional groups attached to an aromatic ring is 1. The Labute approximate surface area is 170 Å². The Hall–Kier alpha value is -3.08. The summed E-state index contributed by atoms with van der Waals surface area (Å²) in [6, 6.07) is 15.2. The van der Waals surface area contributed by atoms with Crippen LogP contribution >= 0.6 is 0 Å².